The minimum atomic E-state index is -1.04. The van der Waals surface area contributed by atoms with E-state index in [4.69, 9.17) is 33.4 Å². The maximum absolute atomic E-state index is 7.80. The second-order valence-corrected chi connectivity index (χ2v) is 1.53. The molecule has 0 fully saturated rings. The van der Waals surface area contributed by atoms with Gasteiger partial charge in [-0.05, 0) is 0 Å². The van der Waals surface area contributed by atoms with Gasteiger partial charge in [0.05, 0.1) is 0 Å². The molecular weight excluding hydrogens is 127 g/mol. The Bertz CT molecular complexity index is 59.6. The second-order valence-electron chi connectivity index (χ2n) is 0.584. The van der Waals surface area contributed by atoms with Crippen LogP contribution in [0.5, 0.6) is 0 Å². The van der Waals surface area contributed by atoms with Crippen molar-refractivity contribution in [3.8, 4) is 0 Å². The third-order valence-corrected chi connectivity index (χ3v) is 0.507. The zero-order valence-corrected chi connectivity index (χ0v) is 4.16. The van der Waals surface area contributed by atoms with Crippen LogP contribution in [-0.2, 0) is 0 Å². The Kier molecular flexibility index (Phi) is 2.13. The number of aliphatic hydroxyl groups excluding tert-OH is 1. The molecule has 0 aliphatic heterocycles. The van der Waals surface area contributed by atoms with Crippen LogP contribution in [0.2, 0.25) is 0 Å². The molecular formula is C2H2Cl2O2. The monoisotopic (exact) mass is 128 g/mol. The molecule has 2 N–H and O–H groups in total. The second kappa shape index (κ2) is 2.16. The molecule has 0 saturated heterocycles. The van der Waals surface area contributed by atoms with Crippen molar-refractivity contribution in [3.05, 3.63) is 10.4 Å². The normalized spacial score (nSPS) is 7.67. The molecule has 4 heteroatoms. The predicted molar refractivity (Wildman–Crippen MR) is 24.0 cm³/mol. The van der Waals surface area contributed by atoms with Crippen LogP contribution in [0.1, 0.15) is 0 Å². The number of halogens is 2. The molecule has 0 rings (SSSR count). The summed E-state index contributed by atoms with van der Waals surface area (Å²) in [6.07, 6.45) is 0. The Morgan fingerprint density at radius 2 is 1.33 bits per heavy atom. The van der Waals surface area contributed by atoms with E-state index in [1.54, 1.807) is 0 Å². The quantitative estimate of drug-likeness (QED) is 0.488. The molecule has 6 heavy (non-hydrogen) atoms. The summed E-state index contributed by atoms with van der Waals surface area (Å²) in [5, 5.41) is 15.6. The smallest absolute Gasteiger partial charge is 0.305 e. The van der Waals surface area contributed by atoms with Gasteiger partial charge in [0.15, 0.2) is 4.49 Å². The molecule has 0 unspecified atom stereocenters. The van der Waals surface area contributed by atoms with Gasteiger partial charge in [-0.2, -0.15) is 0 Å². The first-order chi connectivity index (χ1) is 2.64. The molecule has 0 aliphatic carbocycles. The van der Waals surface area contributed by atoms with Crippen LogP contribution in [0.25, 0.3) is 0 Å². The van der Waals surface area contributed by atoms with Gasteiger partial charge in [-0.1, -0.05) is 23.2 Å². The van der Waals surface area contributed by atoms with Crippen LogP contribution in [-0.4, -0.2) is 10.2 Å². The lowest BCUT2D eigenvalue weighted by Crippen LogP contribution is -1.72. The molecule has 0 aliphatic rings. The fraction of sp³-hybridized carbons (Fsp3) is 0. The zero-order valence-electron chi connectivity index (χ0n) is 2.65. The highest BCUT2D eigenvalue weighted by Crippen LogP contribution is 2.07. The van der Waals surface area contributed by atoms with Crippen molar-refractivity contribution in [1.29, 1.82) is 0 Å². The van der Waals surface area contributed by atoms with Gasteiger partial charge in [-0.15, -0.1) is 0 Å². The van der Waals surface area contributed by atoms with Gasteiger partial charge in [-0.25, -0.2) is 0 Å². The van der Waals surface area contributed by atoms with Crippen molar-refractivity contribution < 1.29 is 10.2 Å². The van der Waals surface area contributed by atoms with Crippen molar-refractivity contribution in [2.75, 3.05) is 0 Å². The van der Waals surface area contributed by atoms with Crippen molar-refractivity contribution in [1.82, 2.24) is 0 Å². The SMILES string of the molecule is OC(O)=C(Cl)Cl. The Labute approximate surface area is 44.6 Å². The largest absolute Gasteiger partial charge is 0.479 e. The summed E-state index contributed by atoms with van der Waals surface area (Å²) >= 11 is 9.52. The van der Waals surface area contributed by atoms with E-state index in [0.29, 0.717) is 0 Å². The molecule has 0 amide bonds. The molecule has 0 bridgehead atoms. The fourth-order valence-electron chi connectivity index (χ4n) is 0. The first-order valence-corrected chi connectivity index (χ1v) is 1.83. The summed E-state index contributed by atoms with van der Waals surface area (Å²) in [4.78, 5) is 0. The van der Waals surface area contributed by atoms with E-state index in [9.17, 15) is 0 Å². The Hall–Kier alpha value is -0.0800. The van der Waals surface area contributed by atoms with Crippen molar-refractivity contribution in [2.45, 2.75) is 0 Å². The molecule has 0 aromatic heterocycles. The minimum absolute atomic E-state index is 0.519. The predicted octanol–water partition coefficient (Wildman–Crippen LogP) is 1.71. The number of hydrogen-bond donors (Lipinski definition) is 2. The summed E-state index contributed by atoms with van der Waals surface area (Å²) in [6, 6.07) is 0. The Morgan fingerprint density at radius 3 is 1.33 bits per heavy atom. The standard InChI is InChI=1S/C2H2Cl2O2/c3-1(4)2(5)6/h5-6H. The molecule has 0 atom stereocenters. The van der Waals surface area contributed by atoms with Gasteiger partial charge >= 0.3 is 5.95 Å². The van der Waals surface area contributed by atoms with E-state index in [1.807, 2.05) is 0 Å². The maximum atomic E-state index is 7.80. The van der Waals surface area contributed by atoms with E-state index in [0.717, 1.165) is 0 Å². The van der Waals surface area contributed by atoms with Crippen LogP contribution in [0.3, 0.4) is 0 Å². The molecule has 0 spiro atoms. The highest BCUT2D eigenvalue weighted by molar-refractivity contribution is 6.55. The topological polar surface area (TPSA) is 40.5 Å². The average Bonchev–Trinajstić information content (AvgIpc) is 1.36. The lowest BCUT2D eigenvalue weighted by Gasteiger charge is -1.80. The summed E-state index contributed by atoms with van der Waals surface area (Å²) in [7, 11) is 0. The summed E-state index contributed by atoms with van der Waals surface area (Å²) in [5.74, 6) is -1.04. The molecule has 2 nitrogen and oxygen atoms in total. The van der Waals surface area contributed by atoms with E-state index in [1.165, 1.54) is 0 Å². The van der Waals surface area contributed by atoms with Gasteiger partial charge in [0.2, 0.25) is 0 Å². The van der Waals surface area contributed by atoms with Crippen molar-refractivity contribution in [3.63, 3.8) is 0 Å². The molecule has 0 heterocycles. The number of aliphatic hydroxyl groups is 2. The van der Waals surface area contributed by atoms with Crippen LogP contribution in [0.4, 0.5) is 0 Å². The molecule has 36 valence electrons. The molecule has 0 aromatic carbocycles. The first kappa shape index (κ1) is 5.92. The average molecular weight is 129 g/mol. The van der Waals surface area contributed by atoms with Crippen molar-refractivity contribution in [2.24, 2.45) is 0 Å². The summed E-state index contributed by atoms with van der Waals surface area (Å²) in [5.41, 5.74) is 0. The van der Waals surface area contributed by atoms with Crippen LogP contribution >= 0.6 is 23.2 Å². The van der Waals surface area contributed by atoms with Gasteiger partial charge in [0.25, 0.3) is 0 Å². The zero-order chi connectivity index (χ0) is 5.15. The first-order valence-electron chi connectivity index (χ1n) is 1.08. The number of hydrogen-bond acceptors (Lipinski definition) is 2. The van der Waals surface area contributed by atoms with Crippen LogP contribution in [0, 0.1) is 0 Å². The van der Waals surface area contributed by atoms with Crippen LogP contribution in [0.15, 0.2) is 10.4 Å². The molecule has 0 saturated carbocycles. The van der Waals surface area contributed by atoms with E-state index in [-0.39, 0.29) is 0 Å². The van der Waals surface area contributed by atoms with E-state index < -0.39 is 10.4 Å². The molecule has 0 aromatic rings. The lowest BCUT2D eigenvalue weighted by molar-refractivity contribution is 0.191. The van der Waals surface area contributed by atoms with Gasteiger partial charge in [0, 0.05) is 0 Å². The van der Waals surface area contributed by atoms with Crippen molar-refractivity contribution >= 4 is 23.2 Å². The van der Waals surface area contributed by atoms with Crippen LogP contribution < -0.4 is 0 Å². The summed E-state index contributed by atoms with van der Waals surface area (Å²) < 4.78 is -0.519. The van der Waals surface area contributed by atoms with Gasteiger partial charge in [0.1, 0.15) is 0 Å². The highest BCUT2D eigenvalue weighted by Gasteiger charge is 1.89. The summed E-state index contributed by atoms with van der Waals surface area (Å²) in [6.45, 7) is 0. The Morgan fingerprint density at radius 1 is 1.17 bits per heavy atom. The Balaban J connectivity index is 3.68. The third-order valence-electron chi connectivity index (χ3n) is 0.169. The minimum Gasteiger partial charge on any atom is -0.479 e. The number of rotatable bonds is 0. The lowest BCUT2D eigenvalue weighted by atomic mass is 11.0. The van der Waals surface area contributed by atoms with E-state index in [2.05, 4.69) is 0 Å². The highest BCUT2D eigenvalue weighted by atomic mass is 35.5. The molecule has 0 radical (unpaired) electrons. The maximum Gasteiger partial charge on any atom is 0.305 e. The third kappa shape index (κ3) is 2.18. The van der Waals surface area contributed by atoms with E-state index >= 15 is 0 Å². The fourth-order valence-corrected chi connectivity index (χ4v) is 0. The van der Waals surface area contributed by atoms with Gasteiger partial charge in [-0.3, -0.25) is 0 Å². The van der Waals surface area contributed by atoms with Gasteiger partial charge < -0.3 is 10.2 Å².